The lowest BCUT2D eigenvalue weighted by Crippen LogP contribution is -2.20. The third kappa shape index (κ3) is 3.13. The lowest BCUT2D eigenvalue weighted by molar-refractivity contribution is 0.112. The fourth-order valence-electron chi connectivity index (χ4n) is 2.17. The highest BCUT2D eigenvalue weighted by molar-refractivity contribution is 5.91. The zero-order valence-corrected chi connectivity index (χ0v) is 13.1. The summed E-state index contributed by atoms with van der Waals surface area (Å²) in [4.78, 5) is 13.4. The van der Waals surface area contributed by atoms with Gasteiger partial charge in [-0.15, -0.1) is 0 Å². The Morgan fingerprint density at radius 1 is 1.29 bits per heavy atom. The number of hydrogen-bond donors (Lipinski definition) is 1. The molecule has 0 bridgehead atoms. The first-order valence-corrected chi connectivity index (χ1v) is 6.98. The Labute approximate surface area is 125 Å². The van der Waals surface area contributed by atoms with Gasteiger partial charge in [0, 0.05) is 12.1 Å². The molecule has 5 nitrogen and oxygen atoms in total. The highest BCUT2D eigenvalue weighted by atomic mass is 16.1. The molecule has 21 heavy (non-hydrogen) atoms. The van der Waals surface area contributed by atoms with Crippen LogP contribution >= 0.6 is 0 Å². The SMILES string of the molecule is Cc1ccc(-c2nn(CCN(C)C)c(N)c2C=O)cc1C. The molecule has 0 radical (unpaired) electrons. The summed E-state index contributed by atoms with van der Waals surface area (Å²) in [5, 5.41) is 4.53. The van der Waals surface area contributed by atoms with Crippen LogP contribution in [0.25, 0.3) is 11.3 Å². The predicted octanol–water partition coefficient (Wildman–Crippen LogP) is 2.12. The van der Waals surface area contributed by atoms with E-state index in [0.717, 1.165) is 18.4 Å². The Kier molecular flexibility index (Phi) is 4.43. The Balaban J connectivity index is 2.45. The molecule has 1 aromatic carbocycles. The van der Waals surface area contributed by atoms with E-state index < -0.39 is 0 Å². The molecule has 0 unspecified atom stereocenters. The first-order chi connectivity index (χ1) is 9.93. The van der Waals surface area contributed by atoms with Crippen molar-refractivity contribution in [2.75, 3.05) is 26.4 Å². The maximum atomic E-state index is 11.4. The minimum Gasteiger partial charge on any atom is -0.383 e. The molecule has 2 aromatic rings. The summed E-state index contributed by atoms with van der Waals surface area (Å²) >= 11 is 0. The van der Waals surface area contributed by atoms with Gasteiger partial charge >= 0.3 is 0 Å². The zero-order valence-electron chi connectivity index (χ0n) is 13.1. The summed E-state index contributed by atoms with van der Waals surface area (Å²) in [7, 11) is 3.98. The van der Waals surface area contributed by atoms with E-state index in [1.165, 1.54) is 11.1 Å². The monoisotopic (exact) mass is 286 g/mol. The normalized spacial score (nSPS) is 11.1. The molecule has 1 aromatic heterocycles. The Morgan fingerprint density at radius 2 is 2.00 bits per heavy atom. The van der Waals surface area contributed by atoms with E-state index in [4.69, 9.17) is 5.73 Å². The third-order valence-corrected chi connectivity index (χ3v) is 3.69. The molecule has 5 heteroatoms. The average Bonchev–Trinajstić information content (AvgIpc) is 2.76. The van der Waals surface area contributed by atoms with Gasteiger partial charge < -0.3 is 10.6 Å². The van der Waals surface area contributed by atoms with Gasteiger partial charge in [0.1, 0.15) is 11.5 Å². The summed E-state index contributed by atoms with van der Waals surface area (Å²) in [6, 6.07) is 6.06. The molecule has 0 amide bonds. The van der Waals surface area contributed by atoms with Crippen molar-refractivity contribution in [2.24, 2.45) is 0 Å². The second-order valence-corrected chi connectivity index (χ2v) is 5.59. The zero-order chi connectivity index (χ0) is 15.6. The minimum atomic E-state index is 0.431. The number of carbonyl (C=O) groups excluding carboxylic acids is 1. The highest BCUT2D eigenvalue weighted by Gasteiger charge is 2.16. The molecule has 2 N–H and O–H groups in total. The molecular weight excluding hydrogens is 264 g/mol. The number of aldehydes is 1. The van der Waals surface area contributed by atoms with Crippen LogP contribution < -0.4 is 5.73 Å². The third-order valence-electron chi connectivity index (χ3n) is 3.69. The smallest absolute Gasteiger partial charge is 0.156 e. The van der Waals surface area contributed by atoms with Crippen molar-refractivity contribution < 1.29 is 4.79 Å². The number of aromatic nitrogens is 2. The molecule has 0 saturated heterocycles. The van der Waals surface area contributed by atoms with Gasteiger partial charge in [-0.25, -0.2) is 4.68 Å². The van der Waals surface area contributed by atoms with Gasteiger partial charge in [-0.1, -0.05) is 12.1 Å². The maximum Gasteiger partial charge on any atom is 0.156 e. The molecule has 0 aliphatic carbocycles. The standard InChI is InChI=1S/C16H22N4O/c1-11-5-6-13(9-12(11)2)15-14(10-21)16(17)20(18-15)8-7-19(3)4/h5-6,9-10H,7-8,17H2,1-4H3. The molecule has 0 aliphatic rings. The number of hydrogen-bond acceptors (Lipinski definition) is 4. The van der Waals surface area contributed by atoms with E-state index in [1.807, 2.05) is 39.2 Å². The largest absolute Gasteiger partial charge is 0.383 e. The lowest BCUT2D eigenvalue weighted by Gasteiger charge is -2.10. The van der Waals surface area contributed by atoms with Gasteiger partial charge in [-0.3, -0.25) is 4.79 Å². The summed E-state index contributed by atoms with van der Waals surface area (Å²) in [6.45, 7) is 5.58. The number of nitrogens with two attached hydrogens (primary N) is 1. The van der Waals surface area contributed by atoms with Crippen LogP contribution in [0.1, 0.15) is 21.5 Å². The predicted molar refractivity (Wildman–Crippen MR) is 85.5 cm³/mol. The molecule has 1 heterocycles. The summed E-state index contributed by atoms with van der Waals surface area (Å²) in [5.41, 5.74) is 10.5. The number of rotatable bonds is 5. The highest BCUT2D eigenvalue weighted by Crippen LogP contribution is 2.27. The van der Waals surface area contributed by atoms with Crippen molar-refractivity contribution >= 4 is 12.1 Å². The lowest BCUT2D eigenvalue weighted by atomic mass is 10.0. The summed E-state index contributed by atoms with van der Waals surface area (Å²) < 4.78 is 1.70. The van der Waals surface area contributed by atoms with E-state index in [-0.39, 0.29) is 0 Å². The molecular formula is C16H22N4O. The number of aryl methyl sites for hydroxylation is 2. The number of benzene rings is 1. The number of anilines is 1. The Bertz CT molecular complexity index is 659. The molecule has 112 valence electrons. The van der Waals surface area contributed by atoms with Crippen molar-refractivity contribution in [1.29, 1.82) is 0 Å². The van der Waals surface area contributed by atoms with Gasteiger partial charge in [0.2, 0.25) is 0 Å². The molecule has 0 saturated carbocycles. The van der Waals surface area contributed by atoms with Gasteiger partial charge in [0.25, 0.3) is 0 Å². The van der Waals surface area contributed by atoms with Crippen molar-refractivity contribution in [3.05, 3.63) is 34.9 Å². The van der Waals surface area contributed by atoms with E-state index in [1.54, 1.807) is 4.68 Å². The van der Waals surface area contributed by atoms with Crippen LogP contribution in [0.2, 0.25) is 0 Å². The number of carbonyl (C=O) groups is 1. The average molecular weight is 286 g/mol. The number of nitrogen functional groups attached to an aromatic ring is 1. The Hall–Kier alpha value is -2.14. The van der Waals surface area contributed by atoms with Gasteiger partial charge in [0.05, 0.1) is 12.1 Å². The van der Waals surface area contributed by atoms with Crippen molar-refractivity contribution in [2.45, 2.75) is 20.4 Å². The molecule has 0 atom stereocenters. The topological polar surface area (TPSA) is 64.2 Å². The molecule has 0 fully saturated rings. The maximum absolute atomic E-state index is 11.4. The quantitative estimate of drug-likeness (QED) is 0.855. The van der Waals surface area contributed by atoms with Crippen molar-refractivity contribution in [1.82, 2.24) is 14.7 Å². The van der Waals surface area contributed by atoms with Gasteiger partial charge in [-0.2, -0.15) is 5.10 Å². The van der Waals surface area contributed by atoms with Crippen LogP contribution in [0.3, 0.4) is 0 Å². The molecule has 0 spiro atoms. The van der Waals surface area contributed by atoms with Gasteiger partial charge in [0.15, 0.2) is 6.29 Å². The summed E-state index contributed by atoms with van der Waals surface area (Å²) in [5.74, 6) is 0.431. The first kappa shape index (κ1) is 15.3. The van der Waals surface area contributed by atoms with E-state index in [0.29, 0.717) is 23.6 Å². The van der Waals surface area contributed by atoms with Crippen LogP contribution in [-0.4, -0.2) is 41.6 Å². The summed E-state index contributed by atoms with van der Waals surface area (Å²) in [6.07, 6.45) is 0.791. The number of nitrogens with zero attached hydrogens (tertiary/aromatic N) is 3. The molecule has 2 rings (SSSR count). The fraction of sp³-hybridized carbons (Fsp3) is 0.375. The fourth-order valence-corrected chi connectivity index (χ4v) is 2.17. The van der Waals surface area contributed by atoms with Crippen LogP contribution in [0.15, 0.2) is 18.2 Å². The molecule has 0 aliphatic heterocycles. The van der Waals surface area contributed by atoms with Gasteiger partial charge in [-0.05, 0) is 45.1 Å². The van der Waals surface area contributed by atoms with E-state index in [9.17, 15) is 4.79 Å². The van der Waals surface area contributed by atoms with Crippen LogP contribution in [0.4, 0.5) is 5.82 Å². The van der Waals surface area contributed by atoms with Crippen LogP contribution in [-0.2, 0) is 6.54 Å². The minimum absolute atomic E-state index is 0.431. The number of likely N-dealkylation sites (N-methyl/N-ethyl adjacent to an activating group) is 1. The van der Waals surface area contributed by atoms with Crippen LogP contribution in [0.5, 0.6) is 0 Å². The van der Waals surface area contributed by atoms with E-state index >= 15 is 0 Å². The van der Waals surface area contributed by atoms with E-state index in [2.05, 4.69) is 16.9 Å². The second-order valence-electron chi connectivity index (χ2n) is 5.59. The van der Waals surface area contributed by atoms with Crippen molar-refractivity contribution in [3.63, 3.8) is 0 Å². The van der Waals surface area contributed by atoms with Crippen LogP contribution in [0, 0.1) is 13.8 Å². The first-order valence-electron chi connectivity index (χ1n) is 6.98. The Morgan fingerprint density at radius 3 is 2.57 bits per heavy atom. The van der Waals surface area contributed by atoms with Crippen molar-refractivity contribution in [3.8, 4) is 11.3 Å². The second kappa shape index (κ2) is 6.10.